The Balaban J connectivity index is 3.16. The van der Waals surface area contributed by atoms with Crippen molar-refractivity contribution < 1.29 is 14.6 Å². The molecule has 1 rings (SSSR count). The maximum Gasteiger partial charge on any atom is 0.174 e. The van der Waals surface area contributed by atoms with E-state index in [-0.39, 0.29) is 6.61 Å². The van der Waals surface area contributed by atoms with Gasteiger partial charge < -0.3 is 14.6 Å². The van der Waals surface area contributed by atoms with Gasteiger partial charge in [-0.25, -0.2) is 0 Å². The van der Waals surface area contributed by atoms with Crippen LogP contribution in [0.1, 0.15) is 5.56 Å². The van der Waals surface area contributed by atoms with Crippen LogP contribution in [0.3, 0.4) is 0 Å². The van der Waals surface area contributed by atoms with Crippen LogP contribution in [-0.4, -0.2) is 32.2 Å². The standard InChI is InChI=1S/C11H16O3S/c1-13-9-6-8(4-5-12)7-10(15-3)11(9)14-2/h6-7,12H,4-5H2,1-3H3. The molecule has 1 aromatic rings. The van der Waals surface area contributed by atoms with Crippen LogP contribution in [0.5, 0.6) is 11.5 Å². The summed E-state index contributed by atoms with van der Waals surface area (Å²) in [7, 11) is 3.24. The molecular formula is C11H16O3S. The molecule has 0 aliphatic heterocycles. The first-order valence-electron chi connectivity index (χ1n) is 4.66. The van der Waals surface area contributed by atoms with Gasteiger partial charge in [0, 0.05) is 6.61 Å². The van der Waals surface area contributed by atoms with Gasteiger partial charge in [-0.15, -0.1) is 11.8 Å². The smallest absolute Gasteiger partial charge is 0.174 e. The van der Waals surface area contributed by atoms with E-state index in [0.29, 0.717) is 12.2 Å². The van der Waals surface area contributed by atoms with Crippen molar-refractivity contribution in [3.63, 3.8) is 0 Å². The van der Waals surface area contributed by atoms with Crippen LogP contribution in [0.2, 0.25) is 0 Å². The van der Waals surface area contributed by atoms with Gasteiger partial charge in [-0.3, -0.25) is 0 Å². The summed E-state index contributed by atoms with van der Waals surface area (Å²) in [5.41, 5.74) is 1.06. The van der Waals surface area contributed by atoms with E-state index in [0.717, 1.165) is 16.2 Å². The number of hydrogen-bond donors (Lipinski definition) is 1. The SMILES string of the molecule is COc1cc(CCO)cc(SC)c1OC. The van der Waals surface area contributed by atoms with E-state index in [2.05, 4.69) is 0 Å². The quantitative estimate of drug-likeness (QED) is 0.782. The summed E-state index contributed by atoms with van der Waals surface area (Å²) in [5, 5.41) is 8.89. The monoisotopic (exact) mass is 228 g/mol. The summed E-state index contributed by atoms with van der Waals surface area (Å²) in [6.45, 7) is 0.142. The highest BCUT2D eigenvalue weighted by atomic mass is 32.2. The Bertz CT molecular complexity index is 301. The summed E-state index contributed by atoms with van der Waals surface area (Å²) < 4.78 is 10.5. The fraction of sp³-hybridized carbons (Fsp3) is 0.455. The van der Waals surface area contributed by atoms with Gasteiger partial charge in [-0.1, -0.05) is 0 Å². The zero-order valence-electron chi connectivity index (χ0n) is 9.24. The van der Waals surface area contributed by atoms with Crippen molar-refractivity contribution in [2.24, 2.45) is 0 Å². The minimum absolute atomic E-state index is 0.142. The third kappa shape index (κ3) is 2.79. The normalized spacial score (nSPS) is 10.1. The number of rotatable bonds is 5. The zero-order valence-corrected chi connectivity index (χ0v) is 10.1. The molecule has 0 aliphatic carbocycles. The third-order valence-corrected chi connectivity index (χ3v) is 2.87. The minimum Gasteiger partial charge on any atom is -0.493 e. The lowest BCUT2D eigenvalue weighted by Gasteiger charge is -2.13. The molecule has 0 heterocycles. The number of thioether (sulfide) groups is 1. The molecule has 0 saturated carbocycles. The molecule has 0 radical (unpaired) electrons. The lowest BCUT2D eigenvalue weighted by molar-refractivity contribution is 0.298. The highest BCUT2D eigenvalue weighted by molar-refractivity contribution is 7.98. The lowest BCUT2D eigenvalue weighted by atomic mass is 10.1. The summed E-state index contributed by atoms with van der Waals surface area (Å²) >= 11 is 1.60. The Kier molecular flexibility index (Phi) is 4.78. The van der Waals surface area contributed by atoms with E-state index < -0.39 is 0 Å². The van der Waals surface area contributed by atoms with Crippen LogP contribution in [0.15, 0.2) is 17.0 Å². The number of aliphatic hydroxyl groups is 1. The van der Waals surface area contributed by atoms with Crippen LogP contribution < -0.4 is 9.47 Å². The molecule has 1 N–H and O–H groups in total. The van der Waals surface area contributed by atoms with Crippen LogP contribution in [0.4, 0.5) is 0 Å². The summed E-state index contributed by atoms with van der Waals surface area (Å²) in [4.78, 5) is 1.03. The topological polar surface area (TPSA) is 38.7 Å². The van der Waals surface area contributed by atoms with Gasteiger partial charge in [0.25, 0.3) is 0 Å². The molecule has 4 heteroatoms. The Morgan fingerprint density at radius 1 is 1.27 bits per heavy atom. The van der Waals surface area contributed by atoms with Gasteiger partial charge in [0.15, 0.2) is 11.5 Å². The molecule has 0 saturated heterocycles. The average Bonchev–Trinajstić information content (AvgIpc) is 2.28. The molecule has 0 bridgehead atoms. The zero-order chi connectivity index (χ0) is 11.3. The van der Waals surface area contributed by atoms with Crippen molar-refractivity contribution in [1.29, 1.82) is 0 Å². The van der Waals surface area contributed by atoms with Gasteiger partial charge in [0.1, 0.15) is 0 Å². The van der Waals surface area contributed by atoms with E-state index in [1.54, 1.807) is 26.0 Å². The van der Waals surface area contributed by atoms with Gasteiger partial charge >= 0.3 is 0 Å². The first kappa shape index (κ1) is 12.2. The summed E-state index contributed by atoms with van der Waals surface area (Å²) in [6.07, 6.45) is 2.62. The van der Waals surface area contributed by atoms with E-state index in [1.165, 1.54) is 0 Å². The Hall–Kier alpha value is -0.870. The van der Waals surface area contributed by atoms with Crippen molar-refractivity contribution in [2.45, 2.75) is 11.3 Å². The van der Waals surface area contributed by atoms with E-state index in [1.807, 2.05) is 18.4 Å². The Morgan fingerprint density at radius 3 is 2.47 bits per heavy atom. The molecular weight excluding hydrogens is 212 g/mol. The molecule has 0 aromatic heterocycles. The van der Waals surface area contributed by atoms with Gasteiger partial charge in [0.05, 0.1) is 19.1 Å². The number of methoxy groups -OCH3 is 2. The number of benzene rings is 1. The van der Waals surface area contributed by atoms with Crippen molar-refractivity contribution in [1.82, 2.24) is 0 Å². The Labute approximate surface area is 94.4 Å². The molecule has 0 fully saturated rings. The maximum atomic E-state index is 8.89. The Morgan fingerprint density at radius 2 is 2.00 bits per heavy atom. The summed E-state index contributed by atoms with van der Waals surface area (Å²) in [6, 6.07) is 3.91. The van der Waals surface area contributed by atoms with Crippen LogP contribution in [0.25, 0.3) is 0 Å². The largest absolute Gasteiger partial charge is 0.493 e. The summed E-state index contributed by atoms with van der Waals surface area (Å²) in [5.74, 6) is 1.47. The van der Waals surface area contributed by atoms with Gasteiger partial charge in [0.2, 0.25) is 0 Å². The van der Waals surface area contributed by atoms with E-state index in [9.17, 15) is 0 Å². The van der Waals surface area contributed by atoms with Crippen molar-refractivity contribution in [2.75, 3.05) is 27.1 Å². The fourth-order valence-corrected chi connectivity index (χ4v) is 2.05. The van der Waals surface area contributed by atoms with Gasteiger partial charge in [-0.05, 0) is 30.4 Å². The second-order valence-corrected chi connectivity index (χ2v) is 3.86. The molecule has 0 aliphatic rings. The predicted molar refractivity (Wildman–Crippen MR) is 62.1 cm³/mol. The predicted octanol–water partition coefficient (Wildman–Crippen LogP) is 1.96. The third-order valence-electron chi connectivity index (χ3n) is 2.12. The minimum atomic E-state index is 0.142. The first-order chi connectivity index (χ1) is 7.26. The van der Waals surface area contributed by atoms with Gasteiger partial charge in [-0.2, -0.15) is 0 Å². The van der Waals surface area contributed by atoms with Crippen molar-refractivity contribution >= 4 is 11.8 Å². The highest BCUT2D eigenvalue weighted by Crippen LogP contribution is 2.37. The van der Waals surface area contributed by atoms with Crippen LogP contribution >= 0.6 is 11.8 Å². The van der Waals surface area contributed by atoms with E-state index >= 15 is 0 Å². The molecule has 0 atom stereocenters. The number of hydrogen-bond acceptors (Lipinski definition) is 4. The highest BCUT2D eigenvalue weighted by Gasteiger charge is 2.11. The maximum absolute atomic E-state index is 8.89. The first-order valence-corrected chi connectivity index (χ1v) is 5.89. The second kappa shape index (κ2) is 5.88. The molecule has 0 unspecified atom stereocenters. The van der Waals surface area contributed by atoms with Crippen LogP contribution in [-0.2, 0) is 6.42 Å². The molecule has 1 aromatic carbocycles. The fourth-order valence-electron chi connectivity index (χ4n) is 1.41. The van der Waals surface area contributed by atoms with Crippen molar-refractivity contribution in [3.8, 4) is 11.5 Å². The van der Waals surface area contributed by atoms with Crippen LogP contribution in [0, 0.1) is 0 Å². The molecule has 15 heavy (non-hydrogen) atoms. The number of aliphatic hydroxyl groups excluding tert-OH is 1. The van der Waals surface area contributed by atoms with Crippen molar-refractivity contribution in [3.05, 3.63) is 17.7 Å². The molecule has 3 nitrogen and oxygen atoms in total. The average molecular weight is 228 g/mol. The number of ether oxygens (including phenoxy) is 2. The molecule has 0 amide bonds. The van der Waals surface area contributed by atoms with E-state index in [4.69, 9.17) is 14.6 Å². The second-order valence-electron chi connectivity index (χ2n) is 3.01. The molecule has 0 spiro atoms. The molecule has 84 valence electrons. The lowest BCUT2D eigenvalue weighted by Crippen LogP contribution is -1.97.